The van der Waals surface area contributed by atoms with Crippen molar-refractivity contribution in [3.8, 4) is 0 Å². The molecule has 0 spiro atoms. The summed E-state index contributed by atoms with van der Waals surface area (Å²) in [5, 5.41) is 17.0. The summed E-state index contributed by atoms with van der Waals surface area (Å²) in [5.74, 6) is -0.375. The Morgan fingerprint density at radius 2 is 2.14 bits per heavy atom. The second-order valence-corrected chi connectivity index (χ2v) is 8.03. The number of thiazole rings is 1. The molecule has 0 radical (unpaired) electrons. The molecule has 11 heteroatoms. The Hall–Kier alpha value is -2.72. The standard InChI is InChI=1S/C17H18ClN5O4S/c1-9(2)19-16(25)21-17-20-13-5-6-22(8-14(13)28-17)15(24)11-7-10(23(26)27)3-4-12(11)18/h3-4,7,9H,5-6,8H2,1-2H3,(H2,19,20,21,25). The molecule has 3 rings (SSSR count). The van der Waals surface area contributed by atoms with Crippen molar-refractivity contribution in [2.45, 2.75) is 32.9 Å². The summed E-state index contributed by atoms with van der Waals surface area (Å²) in [6, 6.07) is 3.47. The van der Waals surface area contributed by atoms with Gasteiger partial charge in [0, 0.05) is 36.0 Å². The molecule has 0 aliphatic carbocycles. The molecule has 0 fully saturated rings. The number of hydrogen-bond acceptors (Lipinski definition) is 6. The summed E-state index contributed by atoms with van der Waals surface area (Å²) < 4.78 is 0. The fraction of sp³-hybridized carbons (Fsp3) is 0.353. The summed E-state index contributed by atoms with van der Waals surface area (Å²) in [7, 11) is 0. The van der Waals surface area contributed by atoms with Crippen molar-refractivity contribution in [2.75, 3.05) is 11.9 Å². The van der Waals surface area contributed by atoms with Crippen molar-refractivity contribution < 1.29 is 14.5 Å². The van der Waals surface area contributed by atoms with E-state index in [1.807, 2.05) is 13.8 Å². The van der Waals surface area contributed by atoms with E-state index in [1.165, 1.54) is 29.5 Å². The lowest BCUT2D eigenvalue weighted by Gasteiger charge is -2.26. The highest BCUT2D eigenvalue weighted by atomic mass is 35.5. The van der Waals surface area contributed by atoms with Crippen LogP contribution in [0.25, 0.3) is 0 Å². The molecule has 1 aliphatic heterocycles. The van der Waals surface area contributed by atoms with Crippen molar-refractivity contribution in [1.29, 1.82) is 0 Å². The van der Waals surface area contributed by atoms with Crippen LogP contribution < -0.4 is 10.6 Å². The predicted molar refractivity (Wildman–Crippen MR) is 106 cm³/mol. The van der Waals surface area contributed by atoms with Gasteiger partial charge in [0.1, 0.15) is 0 Å². The first kappa shape index (κ1) is 20.0. The molecule has 0 saturated heterocycles. The van der Waals surface area contributed by atoms with Crippen LogP contribution in [0.1, 0.15) is 34.8 Å². The zero-order valence-corrected chi connectivity index (χ0v) is 16.8. The van der Waals surface area contributed by atoms with E-state index in [-0.39, 0.29) is 34.3 Å². The number of hydrogen-bond donors (Lipinski definition) is 2. The van der Waals surface area contributed by atoms with Gasteiger partial charge < -0.3 is 10.2 Å². The third-order valence-electron chi connectivity index (χ3n) is 4.05. The molecule has 28 heavy (non-hydrogen) atoms. The minimum Gasteiger partial charge on any atom is -0.336 e. The van der Waals surface area contributed by atoms with Gasteiger partial charge in [0.25, 0.3) is 11.6 Å². The van der Waals surface area contributed by atoms with E-state index in [4.69, 9.17) is 11.6 Å². The summed E-state index contributed by atoms with van der Waals surface area (Å²) in [6.45, 7) is 4.43. The van der Waals surface area contributed by atoms with E-state index in [0.717, 1.165) is 10.6 Å². The van der Waals surface area contributed by atoms with Gasteiger partial charge in [-0.05, 0) is 19.9 Å². The second-order valence-electron chi connectivity index (χ2n) is 6.54. The van der Waals surface area contributed by atoms with Crippen molar-refractivity contribution in [2.24, 2.45) is 0 Å². The largest absolute Gasteiger partial charge is 0.336 e. The first-order chi connectivity index (χ1) is 13.2. The average molecular weight is 424 g/mol. The lowest BCUT2D eigenvalue weighted by molar-refractivity contribution is -0.384. The molecule has 0 unspecified atom stereocenters. The smallest absolute Gasteiger partial charge is 0.321 e. The molecule has 9 nitrogen and oxygen atoms in total. The molecule has 1 aliphatic rings. The van der Waals surface area contributed by atoms with Gasteiger partial charge in [0.05, 0.1) is 27.7 Å². The summed E-state index contributed by atoms with van der Waals surface area (Å²) in [6.07, 6.45) is 0.525. The number of benzene rings is 1. The summed E-state index contributed by atoms with van der Waals surface area (Å²) in [4.78, 5) is 41.9. The maximum atomic E-state index is 12.8. The number of carbonyl (C=O) groups excluding carboxylic acids is 2. The Morgan fingerprint density at radius 1 is 1.39 bits per heavy atom. The first-order valence-corrected chi connectivity index (χ1v) is 9.73. The highest BCUT2D eigenvalue weighted by molar-refractivity contribution is 7.15. The Morgan fingerprint density at radius 3 is 2.82 bits per heavy atom. The third-order valence-corrected chi connectivity index (χ3v) is 5.38. The molecule has 1 aromatic heterocycles. The highest BCUT2D eigenvalue weighted by Gasteiger charge is 2.27. The number of amides is 3. The fourth-order valence-corrected chi connectivity index (χ4v) is 4.00. The van der Waals surface area contributed by atoms with Crippen molar-refractivity contribution in [3.05, 3.63) is 49.5 Å². The monoisotopic (exact) mass is 423 g/mol. The number of anilines is 1. The van der Waals surface area contributed by atoms with Gasteiger partial charge in [-0.15, -0.1) is 0 Å². The molecular weight excluding hydrogens is 406 g/mol. The van der Waals surface area contributed by atoms with Gasteiger partial charge >= 0.3 is 6.03 Å². The fourth-order valence-electron chi connectivity index (χ4n) is 2.78. The lowest BCUT2D eigenvalue weighted by Crippen LogP contribution is -2.35. The molecule has 2 N–H and O–H groups in total. The normalized spacial score (nSPS) is 13.2. The van der Waals surface area contributed by atoms with E-state index in [9.17, 15) is 19.7 Å². The number of urea groups is 1. The van der Waals surface area contributed by atoms with Crippen LogP contribution in [0.3, 0.4) is 0 Å². The van der Waals surface area contributed by atoms with Gasteiger partial charge in [0.2, 0.25) is 0 Å². The summed E-state index contributed by atoms with van der Waals surface area (Å²) >= 11 is 7.38. The van der Waals surface area contributed by atoms with E-state index in [2.05, 4.69) is 15.6 Å². The van der Waals surface area contributed by atoms with Gasteiger partial charge in [-0.1, -0.05) is 22.9 Å². The molecule has 2 aromatic rings. The van der Waals surface area contributed by atoms with Crippen LogP contribution in [-0.2, 0) is 13.0 Å². The van der Waals surface area contributed by atoms with Gasteiger partial charge in [-0.25, -0.2) is 9.78 Å². The zero-order valence-electron chi connectivity index (χ0n) is 15.2. The topological polar surface area (TPSA) is 117 Å². The SMILES string of the molecule is CC(C)NC(=O)Nc1nc2c(s1)CN(C(=O)c1cc([N+](=O)[O-])ccc1Cl)CC2. The van der Waals surface area contributed by atoms with Crippen LogP contribution in [0.2, 0.25) is 5.02 Å². The number of rotatable bonds is 4. The van der Waals surface area contributed by atoms with Gasteiger partial charge in [-0.2, -0.15) is 0 Å². The minimum atomic E-state index is -0.565. The number of nitro benzene ring substituents is 1. The van der Waals surface area contributed by atoms with E-state index in [0.29, 0.717) is 24.6 Å². The van der Waals surface area contributed by atoms with Crippen molar-refractivity contribution >= 4 is 45.7 Å². The number of nitro groups is 1. The number of nitrogens with one attached hydrogen (secondary N) is 2. The molecular formula is C17H18ClN5O4S. The van der Waals surface area contributed by atoms with Gasteiger partial charge in [0.15, 0.2) is 5.13 Å². The Labute approximate surface area is 169 Å². The molecule has 1 aromatic carbocycles. The highest BCUT2D eigenvalue weighted by Crippen LogP contribution is 2.30. The summed E-state index contributed by atoms with van der Waals surface area (Å²) in [5.41, 5.74) is 0.739. The van der Waals surface area contributed by atoms with Gasteiger partial charge in [-0.3, -0.25) is 20.2 Å². The molecule has 0 bridgehead atoms. The number of halogens is 1. The van der Waals surface area contributed by atoms with Crippen LogP contribution in [0.4, 0.5) is 15.6 Å². The molecule has 148 valence electrons. The number of aromatic nitrogens is 1. The zero-order chi connectivity index (χ0) is 20.4. The number of non-ortho nitro benzene ring substituents is 1. The van der Waals surface area contributed by atoms with E-state index >= 15 is 0 Å². The number of carbonyl (C=O) groups is 2. The molecule has 3 amide bonds. The van der Waals surface area contributed by atoms with Crippen LogP contribution in [-0.4, -0.2) is 39.3 Å². The van der Waals surface area contributed by atoms with E-state index < -0.39 is 4.92 Å². The predicted octanol–water partition coefficient (Wildman–Crippen LogP) is 3.43. The first-order valence-electron chi connectivity index (χ1n) is 8.54. The Balaban J connectivity index is 1.75. The molecule has 0 saturated carbocycles. The Kier molecular flexibility index (Phi) is 5.80. The van der Waals surface area contributed by atoms with Crippen molar-refractivity contribution in [3.63, 3.8) is 0 Å². The van der Waals surface area contributed by atoms with Crippen LogP contribution in [0.5, 0.6) is 0 Å². The quantitative estimate of drug-likeness (QED) is 0.577. The van der Waals surface area contributed by atoms with E-state index in [1.54, 1.807) is 4.90 Å². The maximum absolute atomic E-state index is 12.8. The van der Waals surface area contributed by atoms with Crippen LogP contribution in [0.15, 0.2) is 18.2 Å². The Bertz CT molecular complexity index is 946. The maximum Gasteiger partial charge on any atom is 0.321 e. The molecule has 2 heterocycles. The minimum absolute atomic E-state index is 0.00220. The second kappa shape index (κ2) is 8.11. The number of nitrogens with zero attached hydrogens (tertiary/aromatic N) is 3. The lowest BCUT2D eigenvalue weighted by atomic mass is 10.1. The molecule has 0 atom stereocenters. The number of fused-ring (bicyclic) bond motifs is 1. The third kappa shape index (κ3) is 4.39. The van der Waals surface area contributed by atoms with Crippen LogP contribution >= 0.6 is 22.9 Å². The van der Waals surface area contributed by atoms with Crippen LogP contribution in [0, 0.1) is 10.1 Å². The van der Waals surface area contributed by atoms with Crippen molar-refractivity contribution in [1.82, 2.24) is 15.2 Å². The average Bonchev–Trinajstić information content (AvgIpc) is 3.01.